The maximum Gasteiger partial charge on any atom is 0.162 e. The minimum Gasteiger partial charge on any atom is -0.453 e. The van der Waals surface area contributed by atoms with E-state index in [-0.39, 0.29) is 0 Å². The van der Waals surface area contributed by atoms with Gasteiger partial charge in [-0.3, -0.25) is 0 Å². The van der Waals surface area contributed by atoms with Crippen LogP contribution in [0.5, 0.6) is 0 Å². The molecule has 0 aliphatic heterocycles. The average Bonchev–Trinajstić information content (AvgIpc) is 3.93. The summed E-state index contributed by atoms with van der Waals surface area (Å²) in [7, 11) is 0. The normalized spacial score (nSPS) is 11.4. The predicted octanol–water partition coefficient (Wildman–Crippen LogP) is 15.3. The van der Waals surface area contributed by atoms with E-state index in [9.17, 15) is 5.26 Å². The van der Waals surface area contributed by atoms with Crippen molar-refractivity contribution < 1.29 is 4.42 Å². The number of hydrogen-bond acceptors (Lipinski definition) is 4. The first-order chi connectivity index (χ1) is 31.7. The van der Waals surface area contributed by atoms with Gasteiger partial charge in [-0.25, -0.2) is 9.97 Å². The fourth-order valence-electron chi connectivity index (χ4n) is 9.44. The van der Waals surface area contributed by atoms with Gasteiger partial charge < -0.3 is 8.98 Å². The van der Waals surface area contributed by atoms with E-state index >= 15 is 0 Å². The summed E-state index contributed by atoms with van der Waals surface area (Å²) in [6, 6.07) is 77.8. The van der Waals surface area contributed by atoms with E-state index in [0.29, 0.717) is 22.8 Å². The van der Waals surface area contributed by atoms with Crippen molar-refractivity contribution in [1.82, 2.24) is 14.5 Å². The zero-order chi connectivity index (χ0) is 42.6. The van der Waals surface area contributed by atoms with E-state index in [1.54, 1.807) is 0 Å². The summed E-state index contributed by atoms with van der Waals surface area (Å²) < 4.78 is 9.63. The van der Waals surface area contributed by atoms with Crippen LogP contribution in [-0.4, -0.2) is 14.5 Å². The number of hydrogen-bond donors (Lipinski definition) is 0. The lowest BCUT2D eigenvalue weighted by molar-refractivity contribution is 0.672. The molecule has 0 spiro atoms. The van der Waals surface area contributed by atoms with Crippen LogP contribution in [-0.2, 0) is 0 Å². The number of rotatable bonds is 7. The SMILES string of the molecule is N#Cc1c(-c2ccccc2)nc(-c2ccc(-c3ccccc3)c(-c3ccccc3)c2-n2c3ccccc3c3ccc4c5cccc(-c6ccccc6)c5oc4c32)nc1-c1ccccc1. The van der Waals surface area contributed by atoms with E-state index in [4.69, 9.17) is 14.4 Å². The Morgan fingerprint density at radius 3 is 1.48 bits per heavy atom. The molecule has 3 heterocycles. The molecule has 0 N–H and O–H groups in total. The molecule has 12 aromatic rings. The minimum absolute atomic E-state index is 0.418. The lowest BCUT2D eigenvalue weighted by atomic mass is 9.89. The molecule has 12 rings (SSSR count). The molecule has 0 saturated carbocycles. The highest BCUT2D eigenvalue weighted by atomic mass is 16.3. The van der Waals surface area contributed by atoms with Crippen LogP contribution in [0.3, 0.4) is 0 Å². The molecule has 298 valence electrons. The number of para-hydroxylation sites is 2. The summed E-state index contributed by atoms with van der Waals surface area (Å²) in [6.07, 6.45) is 0. The standard InChI is InChI=1S/C59H36N4O/c60-37-50-53(41-25-12-4-13-26-41)61-59(62-54(50)42-27-14-5-15-28-42)49-36-33-43(38-19-6-1-7-20-38)52(40-23-10-3-11-24-40)55(49)63-51-32-17-16-29-45(51)46-34-35-48-47-31-18-30-44(39-21-8-2-9-22-39)57(47)64-58(48)56(46)63/h1-36H. The quantitative estimate of drug-likeness (QED) is 0.161. The molecule has 64 heavy (non-hydrogen) atoms. The summed E-state index contributed by atoms with van der Waals surface area (Å²) in [5.74, 6) is 0.498. The highest BCUT2D eigenvalue weighted by molar-refractivity contribution is 6.23. The molecule has 0 atom stereocenters. The van der Waals surface area contributed by atoms with Crippen molar-refractivity contribution in [2.45, 2.75) is 0 Å². The first kappa shape index (κ1) is 37.0. The van der Waals surface area contributed by atoms with Crippen LogP contribution in [0.1, 0.15) is 5.56 Å². The Kier molecular flexibility index (Phi) is 8.81. The molecule has 0 bridgehead atoms. The Bertz CT molecular complexity index is 3700. The van der Waals surface area contributed by atoms with Gasteiger partial charge in [-0.15, -0.1) is 0 Å². The van der Waals surface area contributed by atoms with Crippen LogP contribution in [0, 0.1) is 11.3 Å². The second-order valence-electron chi connectivity index (χ2n) is 15.9. The summed E-state index contributed by atoms with van der Waals surface area (Å²) in [6.45, 7) is 0. The molecular formula is C59H36N4O. The summed E-state index contributed by atoms with van der Waals surface area (Å²) in [5.41, 5.74) is 14.8. The van der Waals surface area contributed by atoms with Crippen LogP contribution in [0.4, 0.5) is 0 Å². The van der Waals surface area contributed by atoms with Gasteiger partial charge in [0.25, 0.3) is 0 Å². The van der Waals surface area contributed by atoms with Gasteiger partial charge in [-0.2, -0.15) is 5.26 Å². The summed E-state index contributed by atoms with van der Waals surface area (Å²) in [4.78, 5) is 10.8. The Hall–Kier alpha value is -8.85. The van der Waals surface area contributed by atoms with Gasteiger partial charge in [0.05, 0.1) is 28.1 Å². The minimum atomic E-state index is 0.418. The second-order valence-corrected chi connectivity index (χ2v) is 15.9. The van der Waals surface area contributed by atoms with Crippen LogP contribution in [0.25, 0.3) is 117 Å². The monoisotopic (exact) mass is 816 g/mol. The van der Waals surface area contributed by atoms with Crippen molar-refractivity contribution in [2.24, 2.45) is 0 Å². The highest BCUT2D eigenvalue weighted by Gasteiger charge is 2.28. The van der Waals surface area contributed by atoms with Crippen molar-refractivity contribution in [1.29, 1.82) is 5.26 Å². The van der Waals surface area contributed by atoms with Gasteiger partial charge in [0.2, 0.25) is 0 Å². The molecule has 0 unspecified atom stereocenters. The number of aromatic nitrogens is 3. The van der Waals surface area contributed by atoms with Crippen molar-refractivity contribution in [2.75, 3.05) is 0 Å². The fourth-order valence-corrected chi connectivity index (χ4v) is 9.44. The summed E-state index contributed by atoms with van der Waals surface area (Å²) in [5, 5.41) is 15.1. The zero-order valence-corrected chi connectivity index (χ0v) is 34.5. The van der Waals surface area contributed by atoms with Crippen LogP contribution in [0.2, 0.25) is 0 Å². The van der Waals surface area contributed by atoms with Gasteiger partial charge >= 0.3 is 0 Å². The van der Waals surface area contributed by atoms with Gasteiger partial charge in [0.1, 0.15) is 17.2 Å². The molecule has 5 nitrogen and oxygen atoms in total. The van der Waals surface area contributed by atoms with Crippen molar-refractivity contribution >= 4 is 43.7 Å². The van der Waals surface area contributed by atoms with Gasteiger partial charge in [0.15, 0.2) is 11.4 Å². The Morgan fingerprint density at radius 2 is 0.875 bits per heavy atom. The van der Waals surface area contributed by atoms with Crippen molar-refractivity contribution in [3.8, 4) is 79.0 Å². The van der Waals surface area contributed by atoms with E-state index in [2.05, 4.69) is 162 Å². The van der Waals surface area contributed by atoms with Gasteiger partial charge in [-0.05, 0) is 40.5 Å². The smallest absolute Gasteiger partial charge is 0.162 e. The number of furan rings is 1. The molecule has 3 aromatic heterocycles. The van der Waals surface area contributed by atoms with Crippen molar-refractivity contribution in [3.05, 3.63) is 224 Å². The molecular weight excluding hydrogens is 781 g/mol. The van der Waals surface area contributed by atoms with Gasteiger partial charge in [0, 0.05) is 49.4 Å². The maximum atomic E-state index is 10.9. The number of nitriles is 1. The molecule has 0 amide bonds. The van der Waals surface area contributed by atoms with Crippen LogP contribution >= 0.6 is 0 Å². The van der Waals surface area contributed by atoms with Crippen molar-refractivity contribution in [3.63, 3.8) is 0 Å². The van der Waals surface area contributed by atoms with Gasteiger partial charge in [-0.1, -0.05) is 200 Å². The lowest BCUT2D eigenvalue weighted by Gasteiger charge is -2.22. The highest BCUT2D eigenvalue weighted by Crippen LogP contribution is 2.48. The molecule has 0 radical (unpaired) electrons. The van der Waals surface area contributed by atoms with E-state index in [1.165, 1.54) is 0 Å². The average molecular weight is 817 g/mol. The second kappa shape index (κ2) is 15.3. The molecule has 0 saturated heterocycles. The summed E-state index contributed by atoms with van der Waals surface area (Å²) >= 11 is 0. The number of fused-ring (bicyclic) bond motifs is 7. The predicted molar refractivity (Wildman–Crippen MR) is 261 cm³/mol. The molecule has 0 aliphatic carbocycles. The molecule has 0 aliphatic rings. The lowest BCUT2D eigenvalue weighted by Crippen LogP contribution is -2.06. The third-order valence-electron chi connectivity index (χ3n) is 12.3. The number of benzene rings is 9. The largest absolute Gasteiger partial charge is 0.453 e. The Labute approximate surface area is 369 Å². The van der Waals surface area contributed by atoms with Crippen LogP contribution in [0.15, 0.2) is 223 Å². The Balaban J connectivity index is 1.28. The van der Waals surface area contributed by atoms with E-state index < -0.39 is 0 Å². The molecule has 0 fully saturated rings. The van der Waals surface area contributed by atoms with E-state index in [0.717, 1.165) is 99.5 Å². The van der Waals surface area contributed by atoms with E-state index in [1.807, 2.05) is 66.7 Å². The third kappa shape index (κ3) is 5.93. The third-order valence-corrected chi connectivity index (χ3v) is 12.3. The number of nitrogens with zero attached hydrogens (tertiary/aromatic N) is 4. The first-order valence-corrected chi connectivity index (χ1v) is 21.4. The molecule has 5 heteroatoms. The Morgan fingerprint density at radius 1 is 0.391 bits per heavy atom. The zero-order valence-electron chi connectivity index (χ0n) is 34.5. The topological polar surface area (TPSA) is 67.6 Å². The first-order valence-electron chi connectivity index (χ1n) is 21.4. The maximum absolute atomic E-state index is 10.9. The molecule has 9 aromatic carbocycles. The fraction of sp³-hybridized carbons (Fsp3) is 0. The van der Waals surface area contributed by atoms with Crippen LogP contribution < -0.4 is 0 Å².